The van der Waals surface area contributed by atoms with Crippen molar-refractivity contribution in [1.29, 1.82) is 0 Å². The van der Waals surface area contributed by atoms with Gasteiger partial charge in [0.05, 0.1) is 5.60 Å². The summed E-state index contributed by atoms with van der Waals surface area (Å²) in [5.41, 5.74) is 2.89. The van der Waals surface area contributed by atoms with Crippen LogP contribution < -0.4 is 0 Å². The lowest BCUT2D eigenvalue weighted by Crippen LogP contribution is -2.18. The molecule has 0 aliphatic rings. The normalized spacial score (nSPS) is 13.2. The van der Waals surface area contributed by atoms with Crippen LogP contribution in [0, 0.1) is 3.57 Å². The Kier molecular flexibility index (Phi) is 6.08. The number of benzene rings is 2. The molecule has 3 heteroatoms. The van der Waals surface area contributed by atoms with E-state index in [-0.39, 0.29) is 0 Å². The molecule has 0 aliphatic carbocycles. The number of halogens is 2. The molecule has 112 valence electrons. The Balaban J connectivity index is 2.10. The minimum Gasteiger partial charge on any atom is -0.386 e. The number of hydrogen-bond acceptors (Lipinski definition) is 1. The Morgan fingerprint density at radius 2 is 1.81 bits per heavy atom. The zero-order valence-electron chi connectivity index (χ0n) is 12.3. The van der Waals surface area contributed by atoms with Gasteiger partial charge in [-0.2, -0.15) is 0 Å². The van der Waals surface area contributed by atoms with E-state index in [1.54, 1.807) is 0 Å². The molecular weight excluding hydrogens is 486 g/mol. The summed E-state index contributed by atoms with van der Waals surface area (Å²) < 4.78 is 1.77. The largest absolute Gasteiger partial charge is 0.386 e. The number of rotatable bonds is 5. The molecule has 2 rings (SSSR count). The van der Waals surface area contributed by atoms with Crippen LogP contribution in [-0.2, 0) is 12.0 Å². The Morgan fingerprint density at radius 1 is 1.10 bits per heavy atom. The Hall–Kier alpha value is -0.140. The fraction of sp³-hybridized carbons (Fsp3) is 0.333. The van der Waals surface area contributed by atoms with Crippen LogP contribution >= 0.6 is 45.2 Å². The van der Waals surface area contributed by atoms with Gasteiger partial charge in [0, 0.05) is 7.49 Å². The first-order valence-corrected chi connectivity index (χ1v) is 9.40. The van der Waals surface area contributed by atoms with E-state index in [1.165, 1.54) is 14.7 Å². The van der Waals surface area contributed by atoms with Gasteiger partial charge in [-0.3, -0.25) is 0 Å². The van der Waals surface area contributed by atoms with Crippen LogP contribution in [0.5, 0.6) is 0 Å². The standard InChI is InChI=1S/C18H20I2O/c1-18(2,21)16-9-4-3-6-13(16)10-11-17(20)14-7-5-8-15(19)12-14/h3-9,12,17,21H,10-11H2,1-2H3/t17-/m0/s1. The molecule has 1 nitrogen and oxygen atoms in total. The van der Waals surface area contributed by atoms with Crippen LogP contribution in [0.4, 0.5) is 0 Å². The maximum atomic E-state index is 10.3. The number of aliphatic hydroxyl groups is 1. The summed E-state index contributed by atoms with van der Waals surface area (Å²) >= 11 is 4.88. The fourth-order valence-electron chi connectivity index (χ4n) is 2.49. The number of alkyl halides is 1. The van der Waals surface area contributed by atoms with E-state index in [9.17, 15) is 5.11 Å². The predicted octanol–water partition coefficient (Wildman–Crippen LogP) is 5.63. The van der Waals surface area contributed by atoms with E-state index in [0.29, 0.717) is 3.92 Å². The average molecular weight is 506 g/mol. The highest BCUT2D eigenvalue weighted by molar-refractivity contribution is 14.1. The molecule has 21 heavy (non-hydrogen) atoms. The second kappa shape index (κ2) is 7.42. The molecule has 0 saturated carbocycles. The molecule has 0 heterocycles. The van der Waals surface area contributed by atoms with Crippen molar-refractivity contribution >= 4 is 45.2 Å². The van der Waals surface area contributed by atoms with Gasteiger partial charge in [-0.25, -0.2) is 0 Å². The van der Waals surface area contributed by atoms with Crippen molar-refractivity contribution < 1.29 is 5.11 Å². The maximum absolute atomic E-state index is 10.3. The van der Waals surface area contributed by atoms with E-state index >= 15 is 0 Å². The van der Waals surface area contributed by atoms with E-state index < -0.39 is 5.60 Å². The van der Waals surface area contributed by atoms with Gasteiger partial charge in [0.2, 0.25) is 0 Å². The first-order chi connectivity index (χ1) is 9.88. The van der Waals surface area contributed by atoms with Crippen molar-refractivity contribution in [3.63, 3.8) is 0 Å². The average Bonchev–Trinajstić information content (AvgIpc) is 2.44. The van der Waals surface area contributed by atoms with Crippen LogP contribution in [0.25, 0.3) is 0 Å². The van der Waals surface area contributed by atoms with Crippen LogP contribution in [0.2, 0.25) is 0 Å². The molecule has 0 unspecified atom stereocenters. The van der Waals surface area contributed by atoms with Crippen molar-refractivity contribution in [1.82, 2.24) is 0 Å². The maximum Gasteiger partial charge on any atom is 0.0843 e. The molecule has 0 spiro atoms. The third-order valence-electron chi connectivity index (χ3n) is 3.55. The van der Waals surface area contributed by atoms with Crippen molar-refractivity contribution in [3.8, 4) is 0 Å². The second-order valence-corrected chi connectivity index (χ2v) is 8.53. The zero-order chi connectivity index (χ0) is 15.5. The summed E-state index contributed by atoms with van der Waals surface area (Å²) in [6.45, 7) is 3.71. The van der Waals surface area contributed by atoms with Gasteiger partial charge in [-0.05, 0) is 78.1 Å². The van der Waals surface area contributed by atoms with Crippen molar-refractivity contribution in [3.05, 3.63) is 68.8 Å². The molecule has 0 aliphatic heterocycles. The van der Waals surface area contributed by atoms with Crippen LogP contribution in [0.3, 0.4) is 0 Å². The minimum absolute atomic E-state index is 0.493. The van der Waals surface area contributed by atoms with Gasteiger partial charge in [0.1, 0.15) is 0 Å². The highest BCUT2D eigenvalue weighted by Crippen LogP contribution is 2.31. The lowest BCUT2D eigenvalue weighted by molar-refractivity contribution is 0.0776. The number of hydrogen-bond donors (Lipinski definition) is 1. The van der Waals surface area contributed by atoms with Crippen molar-refractivity contribution in [2.75, 3.05) is 0 Å². The van der Waals surface area contributed by atoms with E-state index in [2.05, 4.69) is 81.6 Å². The van der Waals surface area contributed by atoms with E-state index in [1.807, 2.05) is 26.0 Å². The molecule has 0 saturated heterocycles. The molecule has 2 aromatic rings. The van der Waals surface area contributed by atoms with Crippen LogP contribution in [0.1, 0.15) is 40.9 Å². The third-order valence-corrected chi connectivity index (χ3v) is 5.57. The van der Waals surface area contributed by atoms with Gasteiger partial charge in [0.25, 0.3) is 0 Å². The molecular formula is C18H20I2O. The molecule has 0 radical (unpaired) electrons. The lowest BCUT2D eigenvalue weighted by atomic mass is 9.90. The van der Waals surface area contributed by atoms with Gasteiger partial charge in [0.15, 0.2) is 0 Å². The molecule has 1 N–H and O–H groups in total. The van der Waals surface area contributed by atoms with Gasteiger partial charge < -0.3 is 5.11 Å². The summed E-state index contributed by atoms with van der Waals surface area (Å²) in [6, 6.07) is 16.9. The molecule has 0 fully saturated rings. The smallest absolute Gasteiger partial charge is 0.0843 e. The van der Waals surface area contributed by atoms with Crippen LogP contribution in [-0.4, -0.2) is 5.11 Å². The molecule has 0 amide bonds. The third kappa shape index (κ3) is 4.93. The highest BCUT2D eigenvalue weighted by Gasteiger charge is 2.19. The summed E-state index contributed by atoms with van der Waals surface area (Å²) in [6.07, 6.45) is 2.06. The Labute approximate surface area is 154 Å². The summed E-state index contributed by atoms with van der Waals surface area (Å²) in [7, 11) is 0. The van der Waals surface area contributed by atoms with Crippen molar-refractivity contribution in [2.24, 2.45) is 0 Å². The quantitative estimate of drug-likeness (QED) is 0.412. The van der Waals surface area contributed by atoms with Gasteiger partial charge in [-0.1, -0.05) is 59.0 Å². The first kappa shape index (κ1) is 17.2. The monoisotopic (exact) mass is 506 g/mol. The SMILES string of the molecule is CC(C)(O)c1ccccc1CC[C@H](I)c1cccc(I)c1. The highest BCUT2D eigenvalue weighted by atomic mass is 127. The molecule has 2 aromatic carbocycles. The summed E-state index contributed by atoms with van der Waals surface area (Å²) in [5, 5.41) is 10.3. The van der Waals surface area contributed by atoms with Gasteiger partial charge >= 0.3 is 0 Å². The Morgan fingerprint density at radius 3 is 2.48 bits per heavy atom. The van der Waals surface area contributed by atoms with Crippen LogP contribution in [0.15, 0.2) is 48.5 Å². The molecule has 0 bridgehead atoms. The topological polar surface area (TPSA) is 20.2 Å². The predicted molar refractivity (Wildman–Crippen MR) is 106 cm³/mol. The van der Waals surface area contributed by atoms with E-state index in [0.717, 1.165) is 18.4 Å². The minimum atomic E-state index is -0.778. The van der Waals surface area contributed by atoms with Gasteiger partial charge in [-0.15, -0.1) is 0 Å². The molecule has 1 atom stereocenters. The zero-order valence-corrected chi connectivity index (χ0v) is 16.6. The summed E-state index contributed by atoms with van der Waals surface area (Å²) in [5.74, 6) is 0. The fourth-order valence-corrected chi connectivity index (χ4v) is 3.75. The summed E-state index contributed by atoms with van der Waals surface area (Å²) in [4.78, 5) is 0. The first-order valence-electron chi connectivity index (χ1n) is 7.08. The van der Waals surface area contributed by atoms with E-state index in [4.69, 9.17) is 0 Å². The Bertz CT molecular complexity index is 602. The lowest BCUT2D eigenvalue weighted by Gasteiger charge is -2.22. The van der Waals surface area contributed by atoms with Crippen molar-refractivity contribution in [2.45, 2.75) is 36.2 Å². The number of aryl methyl sites for hydroxylation is 1. The molecule has 0 aromatic heterocycles. The second-order valence-electron chi connectivity index (χ2n) is 5.78.